The van der Waals surface area contributed by atoms with Gasteiger partial charge in [0.2, 0.25) is 0 Å². The number of hydrogen-bond acceptors (Lipinski definition) is 5. The molecule has 0 aliphatic rings. The monoisotopic (exact) mass is 386 g/mol. The van der Waals surface area contributed by atoms with Crippen molar-refractivity contribution in [2.45, 2.75) is 6.61 Å². The van der Waals surface area contributed by atoms with E-state index in [4.69, 9.17) is 14.7 Å². The van der Waals surface area contributed by atoms with Gasteiger partial charge in [0.25, 0.3) is 5.91 Å². The first kappa shape index (κ1) is 19.6. The van der Waals surface area contributed by atoms with E-state index in [-0.39, 0.29) is 6.61 Å². The Labute approximate surface area is 168 Å². The minimum absolute atomic E-state index is 0.197. The molecule has 3 aromatic carbocycles. The Bertz CT molecular complexity index is 1040. The van der Waals surface area contributed by atoms with E-state index in [2.05, 4.69) is 5.32 Å². The normalized spacial score (nSPS) is 9.90. The Balaban J connectivity index is 1.57. The van der Waals surface area contributed by atoms with Crippen LogP contribution in [0.1, 0.15) is 21.5 Å². The fraction of sp³-hybridized carbons (Fsp3) is 0.0870. The van der Waals surface area contributed by atoms with Gasteiger partial charge < -0.3 is 14.8 Å². The molecule has 0 aliphatic carbocycles. The molecule has 3 rings (SSSR count). The average Bonchev–Trinajstić information content (AvgIpc) is 2.77. The molecule has 0 atom stereocenters. The van der Waals surface area contributed by atoms with Crippen molar-refractivity contribution in [1.82, 2.24) is 0 Å². The standard InChI is InChI=1S/C23H18N2O4/c24-14-17-7-6-9-19(13-17)25-22(26)16-29-23(27)21-12-5-4-8-18(21)15-28-20-10-2-1-3-11-20/h1-13H,15-16H2,(H,25,26). The van der Waals surface area contributed by atoms with Crippen LogP contribution in [0.3, 0.4) is 0 Å². The second-order valence-electron chi connectivity index (χ2n) is 6.08. The van der Waals surface area contributed by atoms with Crippen LogP contribution < -0.4 is 10.1 Å². The lowest BCUT2D eigenvalue weighted by atomic mass is 10.1. The lowest BCUT2D eigenvalue weighted by Gasteiger charge is -2.11. The number of benzene rings is 3. The molecule has 29 heavy (non-hydrogen) atoms. The maximum atomic E-state index is 12.4. The van der Waals surface area contributed by atoms with Gasteiger partial charge in [-0.1, -0.05) is 42.5 Å². The number of nitriles is 1. The number of ether oxygens (including phenoxy) is 2. The predicted molar refractivity (Wildman–Crippen MR) is 107 cm³/mol. The maximum absolute atomic E-state index is 12.4. The Morgan fingerprint density at radius 2 is 1.69 bits per heavy atom. The molecule has 0 radical (unpaired) electrons. The Morgan fingerprint density at radius 1 is 0.931 bits per heavy atom. The molecule has 0 fully saturated rings. The topological polar surface area (TPSA) is 88.4 Å². The van der Waals surface area contributed by atoms with Gasteiger partial charge in [-0.15, -0.1) is 0 Å². The molecule has 0 saturated heterocycles. The van der Waals surface area contributed by atoms with Gasteiger partial charge in [-0.2, -0.15) is 5.26 Å². The van der Waals surface area contributed by atoms with Crippen LogP contribution in [0.5, 0.6) is 5.75 Å². The molecule has 0 saturated carbocycles. The molecule has 1 amide bonds. The molecule has 0 bridgehead atoms. The highest BCUT2D eigenvalue weighted by molar-refractivity contribution is 5.96. The number of esters is 1. The Kier molecular flexibility index (Phi) is 6.58. The third kappa shape index (κ3) is 5.68. The zero-order valence-corrected chi connectivity index (χ0v) is 15.5. The molecule has 1 N–H and O–H groups in total. The second-order valence-corrected chi connectivity index (χ2v) is 6.08. The van der Waals surface area contributed by atoms with Crippen LogP contribution in [-0.4, -0.2) is 18.5 Å². The van der Waals surface area contributed by atoms with E-state index in [9.17, 15) is 9.59 Å². The van der Waals surface area contributed by atoms with Crippen LogP contribution in [0.4, 0.5) is 5.69 Å². The van der Waals surface area contributed by atoms with Crippen LogP contribution >= 0.6 is 0 Å². The van der Waals surface area contributed by atoms with Crippen molar-refractivity contribution in [3.63, 3.8) is 0 Å². The first-order chi connectivity index (χ1) is 14.2. The van der Waals surface area contributed by atoms with Crippen LogP contribution in [0.15, 0.2) is 78.9 Å². The van der Waals surface area contributed by atoms with Crippen LogP contribution in [0.25, 0.3) is 0 Å². The average molecular weight is 386 g/mol. The number of amides is 1. The van der Waals surface area contributed by atoms with Crippen molar-refractivity contribution in [2.24, 2.45) is 0 Å². The summed E-state index contributed by atoms with van der Waals surface area (Å²) in [7, 11) is 0. The summed E-state index contributed by atoms with van der Waals surface area (Å²) in [6.45, 7) is -0.244. The van der Waals surface area contributed by atoms with Gasteiger partial charge in [0.15, 0.2) is 6.61 Å². The molecule has 0 aromatic heterocycles. The second kappa shape index (κ2) is 9.72. The summed E-state index contributed by atoms with van der Waals surface area (Å²) in [5.41, 5.74) is 1.88. The molecule has 0 aliphatic heterocycles. The van der Waals surface area contributed by atoms with Gasteiger partial charge in [-0.3, -0.25) is 4.79 Å². The summed E-state index contributed by atoms with van der Waals surface area (Å²) in [4.78, 5) is 24.5. The molecule has 144 valence electrons. The Morgan fingerprint density at radius 3 is 2.48 bits per heavy atom. The number of carbonyl (C=O) groups excluding carboxylic acids is 2. The van der Waals surface area contributed by atoms with Crippen molar-refractivity contribution < 1.29 is 19.1 Å². The first-order valence-corrected chi connectivity index (χ1v) is 8.88. The van der Waals surface area contributed by atoms with Crippen LogP contribution in [0.2, 0.25) is 0 Å². The van der Waals surface area contributed by atoms with Crippen molar-refractivity contribution in [3.05, 3.63) is 95.6 Å². The third-order valence-corrected chi connectivity index (χ3v) is 3.98. The molecule has 0 unspecified atom stereocenters. The van der Waals surface area contributed by atoms with E-state index in [0.717, 1.165) is 0 Å². The summed E-state index contributed by atoms with van der Waals surface area (Å²) in [5.74, 6) is -0.417. The maximum Gasteiger partial charge on any atom is 0.339 e. The van der Waals surface area contributed by atoms with Gasteiger partial charge in [-0.05, 0) is 36.4 Å². The molecule has 0 spiro atoms. The van der Waals surface area contributed by atoms with E-state index in [1.54, 1.807) is 42.5 Å². The van der Waals surface area contributed by atoms with Gasteiger partial charge in [0.1, 0.15) is 12.4 Å². The van der Waals surface area contributed by atoms with Gasteiger partial charge in [-0.25, -0.2) is 4.79 Å². The van der Waals surface area contributed by atoms with Gasteiger partial charge in [0.05, 0.1) is 17.2 Å². The molecule has 3 aromatic rings. The lowest BCUT2D eigenvalue weighted by Crippen LogP contribution is -2.21. The van der Waals surface area contributed by atoms with E-state index in [0.29, 0.717) is 28.1 Å². The third-order valence-electron chi connectivity index (χ3n) is 3.98. The summed E-state index contributed by atoms with van der Waals surface area (Å²) in [6, 6.07) is 24.6. The fourth-order valence-electron chi connectivity index (χ4n) is 2.60. The molecular weight excluding hydrogens is 368 g/mol. The van der Waals surface area contributed by atoms with Crippen LogP contribution in [0, 0.1) is 11.3 Å². The van der Waals surface area contributed by atoms with Crippen molar-refractivity contribution in [1.29, 1.82) is 5.26 Å². The van der Waals surface area contributed by atoms with Gasteiger partial charge >= 0.3 is 5.97 Å². The summed E-state index contributed by atoms with van der Waals surface area (Å²) in [6.07, 6.45) is 0. The highest BCUT2D eigenvalue weighted by atomic mass is 16.5. The zero-order valence-electron chi connectivity index (χ0n) is 15.5. The number of para-hydroxylation sites is 1. The number of carbonyl (C=O) groups is 2. The molecular formula is C23H18N2O4. The quantitative estimate of drug-likeness (QED) is 0.622. The van der Waals surface area contributed by atoms with E-state index < -0.39 is 18.5 Å². The number of anilines is 1. The highest BCUT2D eigenvalue weighted by Crippen LogP contribution is 2.16. The number of rotatable bonds is 7. The number of hydrogen-bond donors (Lipinski definition) is 1. The number of nitrogens with zero attached hydrogens (tertiary/aromatic N) is 1. The SMILES string of the molecule is N#Cc1cccc(NC(=O)COC(=O)c2ccccc2COc2ccccc2)c1. The number of nitrogens with one attached hydrogen (secondary N) is 1. The molecule has 6 nitrogen and oxygen atoms in total. The van der Waals surface area contributed by atoms with Crippen molar-refractivity contribution in [2.75, 3.05) is 11.9 Å². The predicted octanol–water partition coefficient (Wildman–Crippen LogP) is 3.93. The van der Waals surface area contributed by atoms with E-state index in [1.807, 2.05) is 36.4 Å². The summed E-state index contributed by atoms with van der Waals surface area (Å²) in [5, 5.41) is 11.5. The van der Waals surface area contributed by atoms with Crippen molar-refractivity contribution in [3.8, 4) is 11.8 Å². The smallest absolute Gasteiger partial charge is 0.339 e. The van der Waals surface area contributed by atoms with Crippen molar-refractivity contribution >= 4 is 17.6 Å². The van der Waals surface area contributed by atoms with E-state index >= 15 is 0 Å². The largest absolute Gasteiger partial charge is 0.489 e. The highest BCUT2D eigenvalue weighted by Gasteiger charge is 2.15. The molecule has 6 heteroatoms. The lowest BCUT2D eigenvalue weighted by molar-refractivity contribution is -0.119. The zero-order chi connectivity index (χ0) is 20.5. The molecule has 0 heterocycles. The van der Waals surface area contributed by atoms with Crippen LogP contribution in [-0.2, 0) is 16.1 Å². The summed E-state index contributed by atoms with van der Waals surface area (Å²) >= 11 is 0. The Hall–Kier alpha value is -4.11. The summed E-state index contributed by atoms with van der Waals surface area (Å²) < 4.78 is 10.8. The van der Waals surface area contributed by atoms with E-state index in [1.165, 1.54) is 6.07 Å². The van der Waals surface area contributed by atoms with Gasteiger partial charge in [0, 0.05) is 11.3 Å². The fourth-order valence-corrected chi connectivity index (χ4v) is 2.60. The minimum Gasteiger partial charge on any atom is -0.489 e. The first-order valence-electron chi connectivity index (χ1n) is 8.88. The minimum atomic E-state index is -0.613.